The summed E-state index contributed by atoms with van der Waals surface area (Å²) in [4.78, 5) is 0. The lowest BCUT2D eigenvalue weighted by Gasteiger charge is -2.01. The van der Waals surface area contributed by atoms with E-state index in [1.807, 2.05) is 6.92 Å². The first kappa shape index (κ1) is 9.71. The average molecular weight is 205 g/mol. The average Bonchev–Trinajstić information content (AvgIpc) is 2.70. The van der Waals surface area contributed by atoms with Gasteiger partial charge in [-0.3, -0.25) is 4.68 Å². The summed E-state index contributed by atoms with van der Waals surface area (Å²) in [5.74, 6) is -0.278. The Morgan fingerprint density at radius 1 is 1.47 bits per heavy atom. The first-order chi connectivity index (χ1) is 7.20. The zero-order valence-corrected chi connectivity index (χ0v) is 8.44. The Hall–Kier alpha value is -1.84. The van der Waals surface area contributed by atoms with Gasteiger partial charge in [-0.15, -0.1) is 0 Å². The maximum Gasteiger partial charge on any atom is 0.131 e. The Morgan fingerprint density at radius 2 is 2.27 bits per heavy atom. The molecule has 2 N–H and O–H groups in total. The first-order valence-corrected chi connectivity index (χ1v) is 4.78. The summed E-state index contributed by atoms with van der Waals surface area (Å²) in [7, 11) is 0. The van der Waals surface area contributed by atoms with Crippen LogP contribution in [-0.4, -0.2) is 9.78 Å². The molecule has 0 aliphatic heterocycles. The molecule has 78 valence electrons. The smallest absolute Gasteiger partial charge is 0.131 e. The van der Waals surface area contributed by atoms with Gasteiger partial charge in [0.15, 0.2) is 0 Å². The van der Waals surface area contributed by atoms with Gasteiger partial charge in [0.1, 0.15) is 5.82 Å². The summed E-state index contributed by atoms with van der Waals surface area (Å²) >= 11 is 0. The van der Waals surface area contributed by atoms with E-state index in [9.17, 15) is 4.39 Å². The summed E-state index contributed by atoms with van der Waals surface area (Å²) in [5.41, 5.74) is 7.41. The number of hydrogen-bond acceptors (Lipinski definition) is 2. The second-order valence-corrected chi connectivity index (χ2v) is 3.32. The molecule has 0 radical (unpaired) electrons. The van der Waals surface area contributed by atoms with Gasteiger partial charge in [0.05, 0.1) is 6.20 Å². The third kappa shape index (κ3) is 1.83. The van der Waals surface area contributed by atoms with E-state index in [0.717, 1.165) is 12.1 Å². The minimum atomic E-state index is -0.278. The van der Waals surface area contributed by atoms with Crippen LogP contribution in [0, 0.1) is 5.82 Å². The first-order valence-electron chi connectivity index (χ1n) is 4.78. The molecule has 4 heteroatoms. The molecule has 0 unspecified atom stereocenters. The molecular weight excluding hydrogens is 193 g/mol. The molecule has 3 nitrogen and oxygen atoms in total. The van der Waals surface area contributed by atoms with Crippen LogP contribution < -0.4 is 5.73 Å². The molecule has 0 saturated heterocycles. The fourth-order valence-electron chi connectivity index (χ4n) is 1.44. The number of anilines is 1. The standard InChI is InChI=1S/C11H12FN3/c1-2-15-7-8(6-14-15)10-5-9(13)3-4-11(10)12/h3-7H,2,13H2,1H3. The van der Waals surface area contributed by atoms with Gasteiger partial charge in [0.2, 0.25) is 0 Å². The minimum absolute atomic E-state index is 0.278. The third-order valence-electron chi connectivity index (χ3n) is 2.26. The van der Waals surface area contributed by atoms with Gasteiger partial charge < -0.3 is 5.73 Å². The number of nitrogen functional groups attached to an aromatic ring is 1. The van der Waals surface area contributed by atoms with Gasteiger partial charge >= 0.3 is 0 Å². The topological polar surface area (TPSA) is 43.8 Å². The zero-order valence-electron chi connectivity index (χ0n) is 8.44. The number of aromatic nitrogens is 2. The van der Waals surface area contributed by atoms with E-state index < -0.39 is 0 Å². The molecule has 0 bridgehead atoms. The van der Waals surface area contributed by atoms with Crippen LogP contribution in [0.5, 0.6) is 0 Å². The number of nitrogens with two attached hydrogens (primary N) is 1. The molecule has 15 heavy (non-hydrogen) atoms. The molecule has 0 spiro atoms. The van der Waals surface area contributed by atoms with E-state index in [4.69, 9.17) is 5.73 Å². The molecule has 0 amide bonds. The Kier molecular flexibility index (Phi) is 2.41. The van der Waals surface area contributed by atoms with Gasteiger partial charge in [-0.2, -0.15) is 5.10 Å². The highest BCUT2D eigenvalue weighted by Crippen LogP contribution is 2.24. The highest BCUT2D eigenvalue weighted by molar-refractivity contribution is 5.66. The molecule has 0 aliphatic carbocycles. The van der Waals surface area contributed by atoms with Crippen LogP contribution in [0.2, 0.25) is 0 Å². The Balaban J connectivity index is 2.48. The van der Waals surface area contributed by atoms with E-state index in [1.54, 1.807) is 29.2 Å². The molecule has 2 rings (SSSR count). The van der Waals surface area contributed by atoms with Crippen LogP contribution in [-0.2, 0) is 6.54 Å². The van der Waals surface area contributed by atoms with Gasteiger partial charge in [-0.05, 0) is 25.1 Å². The molecule has 0 aliphatic rings. The number of nitrogens with zero attached hydrogens (tertiary/aromatic N) is 2. The van der Waals surface area contributed by atoms with Crippen LogP contribution in [0.15, 0.2) is 30.6 Å². The van der Waals surface area contributed by atoms with Crippen LogP contribution in [0.4, 0.5) is 10.1 Å². The van der Waals surface area contributed by atoms with E-state index in [0.29, 0.717) is 11.3 Å². The second-order valence-electron chi connectivity index (χ2n) is 3.32. The van der Waals surface area contributed by atoms with Crippen molar-refractivity contribution < 1.29 is 4.39 Å². The maximum absolute atomic E-state index is 13.5. The molecular formula is C11H12FN3. The number of benzene rings is 1. The lowest BCUT2D eigenvalue weighted by Crippen LogP contribution is -1.92. The van der Waals surface area contributed by atoms with Gasteiger partial charge in [-0.1, -0.05) is 0 Å². The van der Waals surface area contributed by atoms with Crippen molar-refractivity contribution in [2.24, 2.45) is 0 Å². The number of halogens is 1. The molecule has 0 fully saturated rings. The predicted molar refractivity (Wildman–Crippen MR) is 57.7 cm³/mol. The number of rotatable bonds is 2. The molecule has 1 heterocycles. The summed E-state index contributed by atoms with van der Waals surface area (Å²) in [6.07, 6.45) is 3.44. The monoisotopic (exact) mass is 205 g/mol. The molecule has 1 aromatic carbocycles. The number of hydrogen-bond donors (Lipinski definition) is 1. The van der Waals surface area contributed by atoms with Crippen LogP contribution in [0.25, 0.3) is 11.1 Å². The van der Waals surface area contributed by atoms with Crippen LogP contribution in [0.3, 0.4) is 0 Å². The van der Waals surface area contributed by atoms with Crippen molar-refractivity contribution in [2.75, 3.05) is 5.73 Å². The summed E-state index contributed by atoms with van der Waals surface area (Å²) < 4.78 is 15.2. The van der Waals surface area contributed by atoms with Crippen molar-refractivity contribution in [1.82, 2.24) is 9.78 Å². The van der Waals surface area contributed by atoms with Crippen molar-refractivity contribution in [3.63, 3.8) is 0 Å². The van der Waals surface area contributed by atoms with E-state index in [2.05, 4.69) is 5.10 Å². The maximum atomic E-state index is 13.5. The zero-order chi connectivity index (χ0) is 10.8. The van der Waals surface area contributed by atoms with Gasteiger partial charge in [0.25, 0.3) is 0 Å². The minimum Gasteiger partial charge on any atom is -0.399 e. The third-order valence-corrected chi connectivity index (χ3v) is 2.26. The van der Waals surface area contributed by atoms with E-state index >= 15 is 0 Å². The number of aryl methyl sites for hydroxylation is 1. The Bertz CT molecular complexity index is 476. The van der Waals surface area contributed by atoms with E-state index in [-0.39, 0.29) is 5.82 Å². The fraction of sp³-hybridized carbons (Fsp3) is 0.182. The van der Waals surface area contributed by atoms with Crippen LogP contribution >= 0.6 is 0 Å². The highest BCUT2D eigenvalue weighted by atomic mass is 19.1. The molecule has 0 atom stereocenters. The largest absolute Gasteiger partial charge is 0.399 e. The summed E-state index contributed by atoms with van der Waals surface area (Å²) in [6.45, 7) is 2.75. The lowest BCUT2D eigenvalue weighted by molar-refractivity contribution is 0.631. The van der Waals surface area contributed by atoms with Crippen molar-refractivity contribution in [3.8, 4) is 11.1 Å². The fourth-order valence-corrected chi connectivity index (χ4v) is 1.44. The quantitative estimate of drug-likeness (QED) is 0.764. The van der Waals surface area contributed by atoms with Crippen molar-refractivity contribution >= 4 is 5.69 Å². The van der Waals surface area contributed by atoms with Gasteiger partial charge in [-0.25, -0.2) is 4.39 Å². The summed E-state index contributed by atoms with van der Waals surface area (Å²) in [5, 5.41) is 4.09. The van der Waals surface area contributed by atoms with Crippen molar-refractivity contribution in [1.29, 1.82) is 0 Å². The molecule has 2 aromatic rings. The Labute approximate surface area is 87.3 Å². The second kappa shape index (κ2) is 3.73. The lowest BCUT2D eigenvalue weighted by atomic mass is 10.1. The van der Waals surface area contributed by atoms with Crippen molar-refractivity contribution in [3.05, 3.63) is 36.4 Å². The predicted octanol–water partition coefficient (Wildman–Crippen LogP) is 2.29. The van der Waals surface area contributed by atoms with Gasteiger partial charge in [0, 0.05) is 29.6 Å². The molecule has 0 saturated carbocycles. The SMILES string of the molecule is CCn1cc(-c2cc(N)ccc2F)cn1. The van der Waals surface area contributed by atoms with E-state index in [1.165, 1.54) is 6.07 Å². The normalized spacial score (nSPS) is 10.5. The highest BCUT2D eigenvalue weighted by Gasteiger charge is 2.07. The molecule has 1 aromatic heterocycles. The van der Waals surface area contributed by atoms with Crippen LogP contribution in [0.1, 0.15) is 6.92 Å². The Morgan fingerprint density at radius 3 is 2.93 bits per heavy atom. The summed E-state index contributed by atoms with van der Waals surface area (Å²) in [6, 6.07) is 4.53. The van der Waals surface area contributed by atoms with Crippen molar-refractivity contribution in [2.45, 2.75) is 13.5 Å².